The van der Waals surface area contributed by atoms with Crippen LogP contribution in [0.5, 0.6) is 5.75 Å². The van der Waals surface area contributed by atoms with Gasteiger partial charge in [-0.2, -0.15) is 4.39 Å². The molecule has 5 heteroatoms. The van der Waals surface area contributed by atoms with Gasteiger partial charge in [0, 0.05) is 16.5 Å². The standard InChI is InChI=1S/C9H12O2.C8H5FOS/c10-7-9(11)6-8-4-2-1-3-5-8;9-8-4-5-6(10)2-1-3-7(5)11-8/h1-5,9-11H,6-7H2;1-4,10H. The van der Waals surface area contributed by atoms with Crippen LogP contribution >= 0.6 is 11.3 Å². The Kier molecular flexibility index (Phi) is 5.89. The first-order valence-corrected chi connectivity index (χ1v) is 7.61. The SMILES string of the molecule is OCC(O)Cc1ccccc1.Oc1cccc2sc(F)cc12. The minimum atomic E-state index is -0.627. The molecule has 0 saturated heterocycles. The quantitative estimate of drug-likeness (QED) is 0.694. The monoisotopic (exact) mass is 320 g/mol. The number of aromatic hydroxyl groups is 1. The summed E-state index contributed by atoms with van der Waals surface area (Å²) in [5, 5.41) is 27.2. The summed E-state index contributed by atoms with van der Waals surface area (Å²) in [5.74, 6) is 0.141. The molecule has 0 amide bonds. The summed E-state index contributed by atoms with van der Waals surface area (Å²) in [6.07, 6.45) is -0.102. The van der Waals surface area contributed by atoms with E-state index in [4.69, 9.17) is 10.2 Å². The Morgan fingerprint density at radius 3 is 2.41 bits per heavy atom. The third-order valence-electron chi connectivity index (χ3n) is 3.03. The number of benzene rings is 2. The van der Waals surface area contributed by atoms with E-state index < -0.39 is 6.10 Å². The number of fused-ring (bicyclic) bond motifs is 1. The van der Waals surface area contributed by atoms with Crippen LogP contribution in [0, 0.1) is 5.13 Å². The lowest BCUT2D eigenvalue weighted by Gasteiger charge is -2.05. The highest BCUT2D eigenvalue weighted by atomic mass is 32.1. The second kappa shape index (κ2) is 7.89. The molecular weight excluding hydrogens is 303 g/mol. The Morgan fingerprint density at radius 1 is 1.05 bits per heavy atom. The van der Waals surface area contributed by atoms with Crippen molar-refractivity contribution in [1.82, 2.24) is 0 Å². The van der Waals surface area contributed by atoms with Gasteiger partial charge in [-0.25, -0.2) is 0 Å². The largest absolute Gasteiger partial charge is 0.507 e. The maximum Gasteiger partial charge on any atom is 0.177 e. The number of aliphatic hydroxyl groups is 2. The van der Waals surface area contributed by atoms with Crippen molar-refractivity contribution in [3.05, 3.63) is 65.3 Å². The van der Waals surface area contributed by atoms with Crippen molar-refractivity contribution in [2.24, 2.45) is 0 Å². The highest BCUT2D eigenvalue weighted by Crippen LogP contribution is 2.30. The van der Waals surface area contributed by atoms with Crippen molar-refractivity contribution < 1.29 is 19.7 Å². The van der Waals surface area contributed by atoms with E-state index in [0.717, 1.165) is 21.6 Å². The van der Waals surface area contributed by atoms with Crippen LogP contribution in [0.4, 0.5) is 4.39 Å². The first-order chi connectivity index (χ1) is 10.6. The number of aliphatic hydroxyl groups excluding tert-OH is 2. The van der Waals surface area contributed by atoms with E-state index in [1.54, 1.807) is 18.2 Å². The molecule has 22 heavy (non-hydrogen) atoms. The molecule has 2 aromatic carbocycles. The number of hydrogen-bond acceptors (Lipinski definition) is 4. The molecule has 1 heterocycles. The lowest BCUT2D eigenvalue weighted by atomic mass is 10.1. The highest BCUT2D eigenvalue weighted by molar-refractivity contribution is 7.17. The molecule has 1 atom stereocenters. The van der Waals surface area contributed by atoms with Crippen LogP contribution in [-0.4, -0.2) is 28.0 Å². The van der Waals surface area contributed by atoms with Gasteiger partial charge >= 0.3 is 0 Å². The van der Waals surface area contributed by atoms with E-state index in [2.05, 4.69) is 0 Å². The third kappa shape index (κ3) is 4.53. The lowest BCUT2D eigenvalue weighted by Crippen LogP contribution is -2.14. The number of halogens is 1. The molecule has 0 saturated carbocycles. The Balaban J connectivity index is 0.000000160. The molecule has 0 spiro atoms. The van der Waals surface area contributed by atoms with Crippen LogP contribution in [0.2, 0.25) is 0 Å². The van der Waals surface area contributed by atoms with E-state index >= 15 is 0 Å². The van der Waals surface area contributed by atoms with Crippen LogP contribution in [0.3, 0.4) is 0 Å². The molecule has 0 fully saturated rings. The van der Waals surface area contributed by atoms with Gasteiger partial charge in [-0.3, -0.25) is 0 Å². The topological polar surface area (TPSA) is 60.7 Å². The fourth-order valence-corrected chi connectivity index (χ4v) is 2.77. The summed E-state index contributed by atoms with van der Waals surface area (Å²) >= 11 is 1.04. The Bertz CT molecular complexity index is 712. The van der Waals surface area contributed by atoms with Gasteiger partial charge < -0.3 is 15.3 Å². The van der Waals surface area contributed by atoms with Crippen LogP contribution in [-0.2, 0) is 6.42 Å². The minimum absolute atomic E-state index is 0.141. The molecule has 1 unspecified atom stereocenters. The summed E-state index contributed by atoms with van der Waals surface area (Å²) in [4.78, 5) is 0. The number of hydrogen-bond donors (Lipinski definition) is 3. The zero-order chi connectivity index (χ0) is 15.9. The zero-order valence-corrected chi connectivity index (χ0v) is 12.6. The molecule has 0 aliphatic heterocycles. The van der Waals surface area contributed by atoms with Gasteiger partial charge in [0.25, 0.3) is 0 Å². The normalized spacial score (nSPS) is 11.8. The second-order valence-electron chi connectivity index (χ2n) is 4.77. The molecule has 116 valence electrons. The number of phenols is 1. The van der Waals surface area contributed by atoms with Crippen molar-refractivity contribution >= 4 is 21.4 Å². The fraction of sp³-hybridized carbons (Fsp3) is 0.176. The molecule has 3 rings (SSSR count). The van der Waals surface area contributed by atoms with Gasteiger partial charge in [0.2, 0.25) is 0 Å². The van der Waals surface area contributed by atoms with Crippen molar-refractivity contribution in [1.29, 1.82) is 0 Å². The van der Waals surface area contributed by atoms with Gasteiger partial charge in [0.1, 0.15) is 5.75 Å². The first-order valence-electron chi connectivity index (χ1n) is 6.80. The molecule has 0 radical (unpaired) electrons. The molecule has 3 aromatic rings. The van der Waals surface area contributed by atoms with E-state index in [1.165, 1.54) is 6.07 Å². The predicted molar refractivity (Wildman–Crippen MR) is 86.7 cm³/mol. The number of phenolic OH excluding ortho intramolecular Hbond substituents is 1. The van der Waals surface area contributed by atoms with Crippen LogP contribution in [0.25, 0.3) is 10.1 Å². The van der Waals surface area contributed by atoms with Crippen LogP contribution < -0.4 is 0 Å². The van der Waals surface area contributed by atoms with Gasteiger partial charge in [-0.1, -0.05) is 36.4 Å². The fourth-order valence-electron chi connectivity index (χ4n) is 1.97. The average molecular weight is 320 g/mol. The maximum atomic E-state index is 12.6. The molecule has 0 bridgehead atoms. The van der Waals surface area contributed by atoms with E-state index in [9.17, 15) is 9.50 Å². The molecular formula is C17H17FO3S. The molecule has 1 aromatic heterocycles. The first kappa shape index (κ1) is 16.4. The smallest absolute Gasteiger partial charge is 0.177 e. The van der Waals surface area contributed by atoms with Crippen molar-refractivity contribution in [3.63, 3.8) is 0 Å². The molecule has 0 aliphatic rings. The summed E-state index contributed by atoms with van der Waals surface area (Å²) in [6, 6.07) is 16.0. The molecule has 0 aliphatic carbocycles. The third-order valence-corrected chi connectivity index (χ3v) is 3.92. The van der Waals surface area contributed by atoms with E-state index in [0.29, 0.717) is 11.8 Å². The van der Waals surface area contributed by atoms with Gasteiger partial charge in [0.15, 0.2) is 5.13 Å². The lowest BCUT2D eigenvalue weighted by molar-refractivity contribution is 0.0955. The summed E-state index contributed by atoms with van der Waals surface area (Å²) < 4.78 is 13.4. The maximum absolute atomic E-state index is 12.6. The summed E-state index contributed by atoms with van der Waals surface area (Å²) in [5.41, 5.74) is 1.05. The van der Waals surface area contributed by atoms with Crippen molar-refractivity contribution in [3.8, 4) is 5.75 Å². The van der Waals surface area contributed by atoms with Crippen LogP contribution in [0.1, 0.15) is 5.56 Å². The average Bonchev–Trinajstić information content (AvgIpc) is 2.91. The number of rotatable bonds is 3. The Morgan fingerprint density at radius 2 is 1.77 bits per heavy atom. The van der Waals surface area contributed by atoms with Crippen molar-refractivity contribution in [2.45, 2.75) is 12.5 Å². The molecule has 3 nitrogen and oxygen atoms in total. The second-order valence-corrected chi connectivity index (χ2v) is 5.80. The van der Waals surface area contributed by atoms with Crippen molar-refractivity contribution in [2.75, 3.05) is 6.61 Å². The minimum Gasteiger partial charge on any atom is -0.507 e. The Labute approximate surface area is 131 Å². The predicted octanol–water partition coefficient (Wildman–Crippen LogP) is 3.33. The van der Waals surface area contributed by atoms with Crippen LogP contribution in [0.15, 0.2) is 54.6 Å². The van der Waals surface area contributed by atoms with Gasteiger partial charge in [0.05, 0.1) is 12.7 Å². The summed E-state index contributed by atoms with van der Waals surface area (Å²) in [6.45, 7) is -0.172. The zero-order valence-electron chi connectivity index (χ0n) is 11.8. The highest BCUT2D eigenvalue weighted by Gasteiger charge is 2.03. The van der Waals surface area contributed by atoms with E-state index in [-0.39, 0.29) is 17.5 Å². The van der Waals surface area contributed by atoms with E-state index in [1.807, 2.05) is 30.3 Å². The van der Waals surface area contributed by atoms with Gasteiger partial charge in [-0.15, -0.1) is 11.3 Å². The van der Waals surface area contributed by atoms with Gasteiger partial charge in [-0.05, 0) is 23.8 Å². The number of thiophene rings is 1. The Hall–Kier alpha value is -1.95. The molecule has 3 N–H and O–H groups in total. The summed E-state index contributed by atoms with van der Waals surface area (Å²) in [7, 11) is 0.